The number of fused-ring (bicyclic) bond motifs is 1. The maximum absolute atomic E-state index is 5.54. The van der Waals surface area contributed by atoms with Gasteiger partial charge in [0.05, 0.1) is 5.69 Å². The summed E-state index contributed by atoms with van der Waals surface area (Å²) in [5.74, 6) is 0. The molecule has 0 aliphatic carbocycles. The number of hydrogen-bond donors (Lipinski definition) is 2. The SMILES string of the molecule is NCCc1csc(-c2c[nH]c3ccccc23)n1. The molecule has 0 aliphatic rings. The number of benzene rings is 1. The minimum atomic E-state index is 0.650. The van der Waals surface area contributed by atoms with E-state index in [4.69, 9.17) is 5.73 Å². The number of aromatic amines is 1. The van der Waals surface area contributed by atoms with Gasteiger partial charge in [-0.2, -0.15) is 0 Å². The van der Waals surface area contributed by atoms with Crippen molar-refractivity contribution in [1.82, 2.24) is 9.97 Å². The molecule has 0 radical (unpaired) electrons. The van der Waals surface area contributed by atoms with Gasteiger partial charge in [-0.1, -0.05) is 18.2 Å². The van der Waals surface area contributed by atoms with Crippen LogP contribution in [0.3, 0.4) is 0 Å². The van der Waals surface area contributed by atoms with Gasteiger partial charge in [-0.15, -0.1) is 11.3 Å². The number of H-pyrrole nitrogens is 1. The zero-order valence-corrected chi connectivity index (χ0v) is 10.1. The van der Waals surface area contributed by atoms with Gasteiger partial charge < -0.3 is 10.7 Å². The molecule has 3 rings (SSSR count). The molecule has 0 atom stereocenters. The van der Waals surface area contributed by atoms with Crippen molar-refractivity contribution in [1.29, 1.82) is 0 Å². The Bertz CT molecular complexity index is 639. The Balaban J connectivity index is 2.07. The van der Waals surface area contributed by atoms with Gasteiger partial charge in [0.2, 0.25) is 0 Å². The van der Waals surface area contributed by atoms with Gasteiger partial charge in [0.1, 0.15) is 5.01 Å². The zero-order valence-electron chi connectivity index (χ0n) is 9.31. The van der Waals surface area contributed by atoms with Gasteiger partial charge in [-0.05, 0) is 12.6 Å². The third-order valence-corrected chi connectivity index (χ3v) is 3.70. The molecule has 3 nitrogen and oxygen atoms in total. The molecule has 0 unspecified atom stereocenters. The van der Waals surface area contributed by atoms with Gasteiger partial charge in [0, 0.05) is 34.5 Å². The van der Waals surface area contributed by atoms with E-state index in [1.165, 1.54) is 10.9 Å². The second-order valence-corrected chi connectivity index (χ2v) is 4.79. The van der Waals surface area contributed by atoms with Crippen molar-refractivity contribution in [2.24, 2.45) is 5.73 Å². The fourth-order valence-corrected chi connectivity index (χ4v) is 2.83. The molecule has 0 spiro atoms. The molecule has 0 saturated heterocycles. The number of thiazole rings is 1. The maximum Gasteiger partial charge on any atom is 0.125 e. The molecule has 0 aliphatic heterocycles. The highest BCUT2D eigenvalue weighted by Crippen LogP contribution is 2.30. The minimum Gasteiger partial charge on any atom is -0.360 e. The Labute approximate surface area is 103 Å². The van der Waals surface area contributed by atoms with Crippen LogP contribution in [0.25, 0.3) is 21.5 Å². The van der Waals surface area contributed by atoms with Crippen LogP contribution in [0.1, 0.15) is 5.69 Å². The highest BCUT2D eigenvalue weighted by molar-refractivity contribution is 7.13. The van der Waals surface area contributed by atoms with Crippen molar-refractivity contribution in [3.8, 4) is 10.6 Å². The number of nitrogens with two attached hydrogens (primary N) is 1. The van der Waals surface area contributed by atoms with Crippen molar-refractivity contribution >= 4 is 22.2 Å². The zero-order chi connectivity index (χ0) is 11.7. The van der Waals surface area contributed by atoms with Crippen LogP contribution in [0.5, 0.6) is 0 Å². The number of nitrogens with zero attached hydrogens (tertiary/aromatic N) is 1. The van der Waals surface area contributed by atoms with Crippen LogP contribution in [0.2, 0.25) is 0 Å². The van der Waals surface area contributed by atoms with E-state index < -0.39 is 0 Å². The largest absolute Gasteiger partial charge is 0.360 e. The number of para-hydroxylation sites is 1. The number of nitrogens with one attached hydrogen (secondary N) is 1. The van der Waals surface area contributed by atoms with Crippen LogP contribution in [0.4, 0.5) is 0 Å². The van der Waals surface area contributed by atoms with E-state index in [2.05, 4.69) is 27.5 Å². The summed E-state index contributed by atoms with van der Waals surface area (Å²) in [5, 5.41) is 4.37. The smallest absolute Gasteiger partial charge is 0.125 e. The number of rotatable bonds is 3. The summed E-state index contributed by atoms with van der Waals surface area (Å²) in [6, 6.07) is 8.27. The maximum atomic E-state index is 5.54. The third kappa shape index (κ3) is 1.85. The first-order valence-electron chi connectivity index (χ1n) is 5.59. The molecule has 86 valence electrons. The first kappa shape index (κ1) is 10.5. The molecular weight excluding hydrogens is 230 g/mol. The Hall–Kier alpha value is -1.65. The summed E-state index contributed by atoms with van der Waals surface area (Å²) in [7, 11) is 0. The lowest BCUT2D eigenvalue weighted by molar-refractivity contribution is 0.936. The second-order valence-electron chi connectivity index (χ2n) is 3.93. The van der Waals surface area contributed by atoms with Crippen LogP contribution in [-0.2, 0) is 6.42 Å². The highest BCUT2D eigenvalue weighted by Gasteiger charge is 2.09. The van der Waals surface area contributed by atoms with E-state index in [-0.39, 0.29) is 0 Å². The van der Waals surface area contributed by atoms with Crippen molar-refractivity contribution in [3.05, 3.63) is 41.5 Å². The summed E-state index contributed by atoms with van der Waals surface area (Å²) >= 11 is 1.68. The monoisotopic (exact) mass is 243 g/mol. The van der Waals surface area contributed by atoms with Crippen LogP contribution in [0, 0.1) is 0 Å². The first-order valence-corrected chi connectivity index (χ1v) is 6.47. The van der Waals surface area contributed by atoms with E-state index >= 15 is 0 Å². The lowest BCUT2D eigenvalue weighted by Gasteiger charge is -1.93. The van der Waals surface area contributed by atoms with Crippen molar-refractivity contribution in [2.45, 2.75) is 6.42 Å². The summed E-state index contributed by atoms with van der Waals surface area (Å²) < 4.78 is 0. The molecule has 2 heterocycles. The molecule has 4 heteroatoms. The molecule has 3 N–H and O–H groups in total. The number of aromatic nitrogens is 2. The van der Waals surface area contributed by atoms with E-state index in [9.17, 15) is 0 Å². The van der Waals surface area contributed by atoms with Gasteiger partial charge in [-0.25, -0.2) is 4.98 Å². The molecule has 3 aromatic rings. The Morgan fingerprint density at radius 1 is 1.29 bits per heavy atom. The predicted molar refractivity (Wildman–Crippen MR) is 72.2 cm³/mol. The molecular formula is C13H13N3S. The molecule has 2 aromatic heterocycles. The Morgan fingerprint density at radius 3 is 3.06 bits per heavy atom. The predicted octanol–water partition coefficient (Wildman–Crippen LogP) is 2.79. The highest BCUT2D eigenvalue weighted by atomic mass is 32.1. The number of hydrogen-bond acceptors (Lipinski definition) is 3. The van der Waals surface area contributed by atoms with Crippen molar-refractivity contribution in [2.75, 3.05) is 6.54 Å². The lowest BCUT2D eigenvalue weighted by atomic mass is 10.2. The third-order valence-electron chi connectivity index (χ3n) is 2.77. The van der Waals surface area contributed by atoms with Crippen molar-refractivity contribution < 1.29 is 0 Å². The van der Waals surface area contributed by atoms with Gasteiger partial charge in [0.25, 0.3) is 0 Å². The Kier molecular flexibility index (Phi) is 2.66. The van der Waals surface area contributed by atoms with Crippen molar-refractivity contribution in [3.63, 3.8) is 0 Å². The quantitative estimate of drug-likeness (QED) is 0.743. The second kappa shape index (κ2) is 4.31. The van der Waals surface area contributed by atoms with Gasteiger partial charge in [-0.3, -0.25) is 0 Å². The van der Waals surface area contributed by atoms with Crippen LogP contribution < -0.4 is 5.73 Å². The van der Waals surface area contributed by atoms with Crippen LogP contribution in [0.15, 0.2) is 35.8 Å². The average Bonchev–Trinajstić information content (AvgIpc) is 2.95. The minimum absolute atomic E-state index is 0.650. The first-order chi connectivity index (χ1) is 8.38. The normalized spacial score (nSPS) is 11.1. The van der Waals surface area contributed by atoms with E-state index in [1.54, 1.807) is 11.3 Å². The average molecular weight is 243 g/mol. The fraction of sp³-hybridized carbons (Fsp3) is 0.154. The van der Waals surface area contributed by atoms with E-state index in [0.29, 0.717) is 6.54 Å². The van der Waals surface area contributed by atoms with Crippen LogP contribution in [-0.4, -0.2) is 16.5 Å². The molecule has 0 fully saturated rings. The fourth-order valence-electron chi connectivity index (χ4n) is 1.94. The molecule has 1 aromatic carbocycles. The standard InChI is InChI=1S/C13H13N3S/c14-6-5-9-8-17-13(16-9)11-7-15-12-4-2-1-3-10(11)12/h1-4,7-8,15H,5-6,14H2. The molecule has 0 bridgehead atoms. The van der Waals surface area contributed by atoms with Gasteiger partial charge in [0.15, 0.2) is 0 Å². The van der Waals surface area contributed by atoms with Gasteiger partial charge >= 0.3 is 0 Å². The Morgan fingerprint density at radius 2 is 2.18 bits per heavy atom. The topological polar surface area (TPSA) is 54.7 Å². The summed E-state index contributed by atoms with van der Waals surface area (Å²) in [6.45, 7) is 0.650. The molecule has 17 heavy (non-hydrogen) atoms. The summed E-state index contributed by atoms with van der Waals surface area (Å²) in [5.41, 5.74) is 8.94. The van der Waals surface area contributed by atoms with E-state index in [0.717, 1.165) is 22.6 Å². The summed E-state index contributed by atoms with van der Waals surface area (Å²) in [6.07, 6.45) is 2.87. The molecule has 0 amide bonds. The van der Waals surface area contributed by atoms with Crippen LogP contribution >= 0.6 is 11.3 Å². The summed E-state index contributed by atoms with van der Waals surface area (Å²) in [4.78, 5) is 7.88. The molecule has 0 saturated carbocycles. The van der Waals surface area contributed by atoms with E-state index in [1.807, 2.05) is 18.3 Å². The lowest BCUT2D eigenvalue weighted by Crippen LogP contribution is -2.02.